The van der Waals surface area contributed by atoms with Crippen molar-refractivity contribution >= 4 is 5.91 Å². The highest BCUT2D eigenvalue weighted by molar-refractivity contribution is 5.77. The van der Waals surface area contributed by atoms with E-state index >= 15 is 0 Å². The Balaban J connectivity index is 3.71. The first-order valence-electron chi connectivity index (χ1n) is 5.04. The number of nitrogens with one attached hydrogen (secondary N) is 1. The van der Waals surface area contributed by atoms with Gasteiger partial charge in [0.1, 0.15) is 0 Å². The molecule has 84 valence electrons. The number of nitrogens with two attached hydrogens (primary N) is 1. The van der Waals surface area contributed by atoms with Gasteiger partial charge in [0.2, 0.25) is 5.91 Å². The van der Waals surface area contributed by atoms with Gasteiger partial charge in [-0.3, -0.25) is 9.69 Å². The summed E-state index contributed by atoms with van der Waals surface area (Å²) in [5, 5.41) is 11.5. The quantitative estimate of drug-likeness (QED) is 0.461. The van der Waals surface area contributed by atoms with Crippen LogP contribution in [0.1, 0.15) is 13.3 Å². The second-order valence-corrected chi connectivity index (χ2v) is 3.14. The van der Waals surface area contributed by atoms with Gasteiger partial charge in [0.25, 0.3) is 0 Å². The van der Waals surface area contributed by atoms with Crippen LogP contribution >= 0.6 is 0 Å². The maximum Gasteiger partial charge on any atom is 0.234 e. The molecule has 0 radical (unpaired) electrons. The van der Waals surface area contributed by atoms with Crippen molar-refractivity contribution in [3.8, 4) is 0 Å². The first-order valence-corrected chi connectivity index (χ1v) is 5.04. The Morgan fingerprint density at radius 1 is 1.50 bits per heavy atom. The summed E-state index contributed by atoms with van der Waals surface area (Å²) in [6.07, 6.45) is 0.976. The minimum Gasteiger partial charge on any atom is -0.395 e. The molecule has 0 unspecified atom stereocenters. The van der Waals surface area contributed by atoms with E-state index < -0.39 is 0 Å². The lowest BCUT2D eigenvalue weighted by molar-refractivity contribution is -0.122. The highest BCUT2D eigenvalue weighted by atomic mass is 16.3. The standard InChI is InChI=1S/C9H21N3O2/c1-2-5-12(6-7-13)8-9(14)11-4-3-10/h13H,2-8,10H2,1H3,(H,11,14). The normalized spacial score (nSPS) is 10.6. The molecule has 1 amide bonds. The molecule has 5 nitrogen and oxygen atoms in total. The summed E-state index contributed by atoms with van der Waals surface area (Å²) >= 11 is 0. The second-order valence-electron chi connectivity index (χ2n) is 3.14. The molecule has 4 N–H and O–H groups in total. The molecule has 0 bridgehead atoms. The molecule has 0 saturated heterocycles. The van der Waals surface area contributed by atoms with E-state index in [4.69, 9.17) is 10.8 Å². The number of amides is 1. The molecule has 0 aliphatic heterocycles. The Morgan fingerprint density at radius 2 is 2.21 bits per heavy atom. The Kier molecular flexibility index (Phi) is 8.51. The topological polar surface area (TPSA) is 78.6 Å². The lowest BCUT2D eigenvalue weighted by atomic mass is 10.4. The van der Waals surface area contributed by atoms with Crippen LogP contribution in [0.2, 0.25) is 0 Å². The van der Waals surface area contributed by atoms with Gasteiger partial charge >= 0.3 is 0 Å². The zero-order valence-corrected chi connectivity index (χ0v) is 8.83. The van der Waals surface area contributed by atoms with E-state index in [0.717, 1.165) is 13.0 Å². The summed E-state index contributed by atoms with van der Waals surface area (Å²) in [7, 11) is 0. The molecule has 0 saturated carbocycles. The van der Waals surface area contributed by atoms with E-state index in [1.165, 1.54) is 0 Å². The van der Waals surface area contributed by atoms with Crippen LogP contribution in [0.4, 0.5) is 0 Å². The van der Waals surface area contributed by atoms with E-state index in [0.29, 0.717) is 26.2 Å². The molecule has 14 heavy (non-hydrogen) atoms. The predicted octanol–water partition coefficient (Wildman–Crippen LogP) is -1.23. The van der Waals surface area contributed by atoms with Gasteiger partial charge in [-0.1, -0.05) is 6.92 Å². The SMILES string of the molecule is CCCN(CCO)CC(=O)NCCN. The van der Waals surface area contributed by atoms with E-state index in [9.17, 15) is 4.79 Å². The average Bonchev–Trinajstić information content (AvgIpc) is 2.15. The summed E-state index contributed by atoms with van der Waals surface area (Å²) in [5.74, 6) is -0.0302. The zero-order valence-electron chi connectivity index (χ0n) is 8.83. The molecule has 5 heteroatoms. The average molecular weight is 203 g/mol. The second kappa shape index (κ2) is 8.93. The van der Waals surface area contributed by atoms with E-state index in [1.54, 1.807) is 0 Å². The van der Waals surface area contributed by atoms with Crippen LogP contribution in [-0.4, -0.2) is 55.2 Å². The third-order valence-electron chi connectivity index (χ3n) is 1.79. The Bertz CT molecular complexity index is 147. The number of rotatable bonds is 8. The fourth-order valence-corrected chi connectivity index (χ4v) is 1.20. The van der Waals surface area contributed by atoms with Gasteiger partial charge in [-0.25, -0.2) is 0 Å². The van der Waals surface area contributed by atoms with Crippen molar-refractivity contribution < 1.29 is 9.90 Å². The number of nitrogens with zero attached hydrogens (tertiary/aromatic N) is 1. The number of aliphatic hydroxyl groups excluding tert-OH is 1. The van der Waals surface area contributed by atoms with Crippen molar-refractivity contribution in [2.75, 3.05) is 39.3 Å². The number of carbonyl (C=O) groups excluding carboxylic acids is 1. The first-order chi connectivity index (χ1) is 6.74. The molecule has 0 aromatic rings. The summed E-state index contributed by atoms with van der Waals surface area (Å²) < 4.78 is 0. The monoisotopic (exact) mass is 203 g/mol. The number of hydrogen-bond donors (Lipinski definition) is 3. The molecule has 0 aromatic heterocycles. The molecule has 0 aliphatic rings. The van der Waals surface area contributed by atoms with Crippen molar-refractivity contribution in [3.63, 3.8) is 0 Å². The summed E-state index contributed by atoms with van der Waals surface area (Å²) in [6.45, 7) is 4.82. The van der Waals surface area contributed by atoms with Crippen LogP contribution in [0.25, 0.3) is 0 Å². The largest absolute Gasteiger partial charge is 0.395 e. The third-order valence-corrected chi connectivity index (χ3v) is 1.79. The van der Waals surface area contributed by atoms with Crippen LogP contribution in [0.5, 0.6) is 0 Å². The maximum atomic E-state index is 11.3. The van der Waals surface area contributed by atoms with Crippen molar-refractivity contribution in [1.29, 1.82) is 0 Å². The summed E-state index contributed by atoms with van der Waals surface area (Å²) in [6, 6.07) is 0. The van der Waals surface area contributed by atoms with Gasteiger partial charge in [-0.2, -0.15) is 0 Å². The molecule has 0 spiro atoms. The van der Waals surface area contributed by atoms with Crippen molar-refractivity contribution in [2.45, 2.75) is 13.3 Å². The van der Waals surface area contributed by atoms with Crippen LogP contribution in [0, 0.1) is 0 Å². The minimum absolute atomic E-state index is 0.0302. The number of carbonyl (C=O) groups is 1. The van der Waals surface area contributed by atoms with Gasteiger partial charge in [0.15, 0.2) is 0 Å². The minimum atomic E-state index is -0.0302. The highest BCUT2D eigenvalue weighted by Gasteiger charge is 2.08. The van der Waals surface area contributed by atoms with Gasteiger partial charge in [-0.05, 0) is 13.0 Å². The van der Waals surface area contributed by atoms with Gasteiger partial charge in [0, 0.05) is 19.6 Å². The smallest absolute Gasteiger partial charge is 0.234 e. The molecular formula is C9H21N3O2. The number of aliphatic hydroxyl groups is 1. The molecular weight excluding hydrogens is 182 g/mol. The molecule has 0 heterocycles. The van der Waals surface area contributed by atoms with Crippen LogP contribution in [0.15, 0.2) is 0 Å². The fraction of sp³-hybridized carbons (Fsp3) is 0.889. The third kappa shape index (κ3) is 6.82. The maximum absolute atomic E-state index is 11.3. The lowest BCUT2D eigenvalue weighted by Gasteiger charge is -2.19. The van der Waals surface area contributed by atoms with Crippen molar-refractivity contribution in [1.82, 2.24) is 10.2 Å². The van der Waals surface area contributed by atoms with Crippen LogP contribution < -0.4 is 11.1 Å². The van der Waals surface area contributed by atoms with E-state index in [1.807, 2.05) is 11.8 Å². The summed E-state index contributed by atoms with van der Waals surface area (Å²) in [5.41, 5.74) is 5.26. The predicted molar refractivity (Wildman–Crippen MR) is 55.9 cm³/mol. The van der Waals surface area contributed by atoms with Gasteiger partial charge in [0.05, 0.1) is 13.2 Å². The van der Waals surface area contributed by atoms with Gasteiger partial charge in [-0.15, -0.1) is 0 Å². The highest BCUT2D eigenvalue weighted by Crippen LogP contribution is 1.90. The molecule has 0 fully saturated rings. The van der Waals surface area contributed by atoms with E-state index in [-0.39, 0.29) is 12.5 Å². The van der Waals surface area contributed by atoms with Crippen LogP contribution in [-0.2, 0) is 4.79 Å². The Morgan fingerprint density at radius 3 is 2.71 bits per heavy atom. The molecule has 0 atom stereocenters. The van der Waals surface area contributed by atoms with Crippen LogP contribution in [0.3, 0.4) is 0 Å². The lowest BCUT2D eigenvalue weighted by Crippen LogP contribution is -2.40. The van der Waals surface area contributed by atoms with Crippen molar-refractivity contribution in [2.24, 2.45) is 5.73 Å². The zero-order chi connectivity index (χ0) is 10.8. The van der Waals surface area contributed by atoms with Gasteiger partial charge < -0.3 is 16.2 Å². The first kappa shape index (κ1) is 13.4. The molecule has 0 aliphatic carbocycles. The molecule has 0 aromatic carbocycles. The Labute approximate surface area is 85.3 Å². The number of hydrogen-bond acceptors (Lipinski definition) is 4. The van der Waals surface area contributed by atoms with E-state index in [2.05, 4.69) is 5.32 Å². The summed E-state index contributed by atoms with van der Waals surface area (Å²) in [4.78, 5) is 13.2. The molecule has 0 rings (SSSR count). The van der Waals surface area contributed by atoms with Crippen molar-refractivity contribution in [3.05, 3.63) is 0 Å². The fourth-order valence-electron chi connectivity index (χ4n) is 1.20. The Hall–Kier alpha value is -0.650.